The van der Waals surface area contributed by atoms with E-state index in [4.69, 9.17) is 12.8 Å². The predicted molar refractivity (Wildman–Crippen MR) is 65.7 cm³/mol. The minimum absolute atomic E-state index is 0.00727. The van der Waals surface area contributed by atoms with Crippen molar-refractivity contribution >= 4 is 15.9 Å². The highest BCUT2D eigenvalue weighted by molar-refractivity contribution is 6.18. The Hall–Kier alpha value is -1.05. The normalized spacial score (nSPS) is 26.7. The van der Waals surface area contributed by atoms with Gasteiger partial charge in [-0.2, -0.15) is 18.4 Å². The summed E-state index contributed by atoms with van der Waals surface area (Å²) in [6.45, 7) is 3.62. The van der Waals surface area contributed by atoms with Crippen LogP contribution in [-0.2, 0) is 13.8 Å². The molecule has 2 unspecified atom stereocenters. The van der Waals surface area contributed by atoms with Crippen molar-refractivity contribution in [2.75, 3.05) is 0 Å². The third kappa shape index (κ3) is 3.16. The molecule has 1 radical (unpaired) electrons. The second-order valence-corrected chi connectivity index (χ2v) is 5.49. The molecular formula is C13H12AlF3NO2. The van der Waals surface area contributed by atoms with Gasteiger partial charge >= 0.3 is 22.1 Å². The molecule has 105 valence electrons. The zero-order valence-corrected chi connectivity index (χ0v) is 12.1. The molecule has 1 aromatic rings. The summed E-state index contributed by atoms with van der Waals surface area (Å²) in [7, 11) is 0. The van der Waals surface area contributed by atoms with Gasteiger partial charge in [-0.3, -0.25) is 0 Å². The smallest absolute Gasteiger partial charge is 0.481 e. The Balaban J connectivity index is 2.48. The summed E-state index contributed by atoms with van der Waals surface area (Å²) in [5.41, 5.74) is -0.397. The highest BCUT2D eigenvalue weighted by atomic mass is 27.2. The van der Waals surface area contributed by atoms with Crippen LogP contribution in [0.5, 0.6) is 0 Å². The fourth-order valence-electron chi connectivity index (χ4n) is 2.37. The van der Waals surface area contributed by atoms with Crippen molar-refractivity contribution in [1.82, 2.24) is 0 Å². The maximum absolute atomic E-state index is 12.9. The molecule has 0 spiro atoms. The summed E-state index contributed by atoms with van der Waals surface area (Å²) in [4.78, 5) is 0. The van der Waals surface area contributed by atoms with Crippen LogP contribution in [0.25, 0.3) is 0 Å². The van der Waals surface area contributed by atoms with Gasteiger partial charge in [0.15, 0.2) is 0 Å². The maximum Gasteiger partial charge on any atom is 0.668 e. The number of rotatable bonds is 1. The second-order valence-electron chi connectivity index (χ2n) is 4.76. The van der Waals surface area contributed by atoms with Crippen LogP contribution < -0.4 is 0 Å². The number of benzene rings is 1. The summed E-state index contributed by atoms with van der Waals surface area (Å²) < 4.78 is 49.5. The summed E-state index contributed by atoms with van der Waals surface area (Å²) >= 11 is -0.586. The molecule has 1 heterocycles. The first kappa shape index (κ1) is 15.3. The van der Waals surface area contributed by atoms with E-state index in [1.807, 2.05) is 13.8 Å². The van der Waals surface area contributed by atoms with E-state index in [1.54, 1.807) is 6.07 Å². The van der Waals surface area contributed by atoms with E-state index < -0.39 is 27.6 Å². The number of hydrogen-bond acceptors (Lipinski definition) is 3. The highest BCUT2D eigenvalue weighted by Gasteiger charge is 2.35. The number of hydrogen-bond donors (Lipinski definition) is 0. The molecule has 7 heteroatoms. The van der Waals surface area contributed by atoms with Crippen molar-refractivity contribution < 1.29 is 20.7 Å². The van der Waals surface area contributed by atoms with Crippen LogP contribution in [0.2, 0.25) is 0 Å². The van der Waals surface area contributed by atoms with Crippen molar-refractivity contribution in [3.8, 4) is 6.07 Å². The molecule has 1 fully saturated rings. The molecule has 20 heavy (non-hydrogen) atoms. The van der Waals surface area contributed by atoms with Gasteiger partial charge in [-0.25, -0.2) is 0 Å². The van der Waals surface area contributed by atoms with Crippen LogP contribution in [0.1, 0.15) is 36.5 Å². The second kappa shape index (κ2) is 5.75. The lowest BCUT2D eigenvalue weighted by molar-refractivity contribution is -0.137. The van der Waals surface area contributed by atoms with Crippen LogP contribution in [0.4, 0.5) is 13.2 Å². The molecule has 3 nitrogen and oxygen atoms in total. The number of halogens is 3. The molecule has 1 saturated heterocycles. The summed E-state index contributed by atoms with van der Waals surface area (Å²) in [5, 5.41) is 8.91. The van der Waals surface area contributed by atoms with Gasteiger partial charge in [0.1, 0.15) is 0 Å². The fourth-order valence-corrected chi connectivity index (χ4v) is 3.13. The molecule has 0 aliphatic carbocycles. The SMILES string of the molecule is CC1[O][Al][O]C(C)C1c1cc(C#N)cc(C(F)(F)F)c1. The van der Waals surface area contributed by atoms with E-state index in [1.165, 1.54) is 6.07 Å². The van der Waals surface area contributed by atoms with Gasteiger partial charge in [-0.15, -0.1) is 0 Å². The molecule has 0 saturated carbocycles. The van der Waals surface area contributed by atoms with Crippen LogP contribution in [0.3, 0.4) is 0 Å². The van der Waals surface area contributed by atoms with Crippen LogP contribution >= 0.6 is 0 Å². The van der Waals surface area contributed by atoms with E-state index in [2.05, 4.69) is 0 Å². The Morgan fingerprint density at radius 1 is 1.15 bits per heavy atom. The van der Waals surface area contributed by atoms with Gasteiger partial charge in [-0.05, 0) is 37.6 Å². The van der Waals surface area contributed by atoms with Crippen molar-refractivity contribution in [3.05, 3.63) is 34.9 Å². The van der Waals surface area contributed by atoms with E-state index in [-0.39, 0.29) is 23.7 Å². The summed E-state index contributed by atoms with van der Waals surface area (Å²) in [5.74, 6) is -0.314. The van der Waals surface area contributed by atoms with Gasteiger partial charge in [-0.1, -0.05) is 0 Å². The maximum atomic E-state index is 12.9. The van der Waals surface area contributed by atoms with Gasteiger partial charge in [0, 0.05) is 18.1 Å². The molecular weight excluding hydrogens is 286 g/mol. The van der Waals surface area contributed by atoms with E-state index in [0.717, 1.165) is 12.1 Å². The Morgan fingerprint density at radius 3 is 2.25 bits per heavy atom. The summed E-state index contributed by atoms with van der Waals surface area (Å²) in [6.07, 6.45) is -4.94. The molecule has 1 aromatic carbocycles. The van der Waals surface area contributed by atoms with Gasteiger partial charge in [0.05, 0.1) is 17.2 Å². The standard InChI is InChI=1S/C13H12F3NO2.Al/c1-7(18)12(8(2)19)10-3-9(6-17)4-11(5-10)13(14,15)16;/h3-5,7-8,12H,1-2H3;/q-2;+2. The highest BCUT2D eigenvalue weighted by Crippen LogP contribution is 2.36. The Bertz CT molecular complexity index is 531. The fraction of sp³-hybridized carbons (Fsp3) is 0.462. The Labute approximate surface area is 121 Å². The third-order valence-electron chi connectivity index (χ3n) is 3.35. The molecule has 1 aliphatic rings. The lowest BCUT2D eigenvalue weighted by Gasteiger charge is -2.36. The zero-order chi connectivity index (χ0) is 14.9. The average Bonchev–Trinajstić information content (AvgIpc) is 2.37. The quantitative estimate of drug-likeness (QED) is 0.748. The minimum Gasteiger partial charge on any atom is -0.481 e. The molecule has 1 aliphatic heterocycles. The number of nitrogens with zero attached hydrogens (tertiary/aromatic N) is 1. The summed E-state index contributed by atoms with van der Waals surface area (Å²) in [6, 6.07) is 5.18. The topological polar surface area (TPSA) is 42.2 Å². The van der Waals surface area contributed by atoms with Crippen LogP contribution in [0.15, 0.2) is 18.2 Å². The van der Waals surface area contributed by atoms with Gasteiger partial charge < -0.3 is 7.58 Å². The molecule has 0 N–H and O–H groups in total. The Morgan fingerprint density at radius 2 is 1.75 bits per heavy atom. The molecule has 0 amide bonds. The monoisotopic (exact) mass is 298 g/mol. The average molecular weight is 298 g/mol. The Kier molecular flexibility index (Phi) is 4.41. The molecule has 2 rings (SSSR count). The third-order valence-corrected chi connectivity index (χ3v) is 4.43. The van der Waals surface area contributed by atoms with Crippen molar-refractivity contribution in [2.45, 2.75) is 38.1 Å². The predicted octanol–water partition coefficient (Wildman–Crippen LogP) is 3.02. The zero-order valence-electron chi connectivity index (χ0n) is 10.9. The molecule has 0 bridgehead atoms. The molecule has 0 aromatic heterocycles. The minimum atomic E-state index is -4.48. The van der Waals surface area contributed by atoms with Crippen LogP contribution in [-0.4, -0.2) is 28.1 Å². The lowest BCUT2D eigenvalue weighted by Crippen LogP contribution is -2.38. The first-order valence-corrected chi connectivity index (χ1v) is 7.02. The van der Waals surface area contributed by atoms with E-state index >= 15 is 0 Å². The first-order chi connectivity index (χ1) is 9.32. The van der Waals surface area contributed by atoms with Crippen molar-refractivity contribution in [2.24, 2.45) is 0 Å². The van der Waals surface area contributed by atoms with E-state index in [0.29, 0.717) is 5.56 Å². The van der Waals surface area contributed by atoms with Crippen molar-refractivity contribution in [3.63, 3.8) is 0 Å². The van der Waals surface area contributed by atoms with Gasteiger partial charge in [0.2, 0.25) is 0 Å². The lowest BCUT2D eigenvalue weighted by atomic mass is 9.87. The van der Waals surface area contributed by atoms with Crippen LogP contribution in [0, 0.1) is 11.3 Å². The largest absolute Gasteiger partial charge is 0.668 e. The van der Waals surface area contributed by atoms with Gasteiger partial charge in [0.25, 0.3) is 0 Å². The number of nitriles is 1. The first-order valence-electron chi connectivity index (χ1n) is 6.08. The molecule has 2 atom stereocenters. The number of alkyl halides is 3. The van der Waals surface area contributed by atoms with E-state index in [9.17, 15) is 13.2 Å². The van der Waals surface area contributed by atoms with Crippen molar-refractivity contribution in [1.29, 1.82) is 5.26 Å².